The van der Waals surface area contributed by atoms with Crippen LogP contribution in [-0.4, -0.2) is 23.7 Å². The first-order valence-corrected chi connectivity index (χ1v) is 6.81. The average molecular weight is 265 g/mol. The minimum atomic E-state index is -0.678. The van der Waals surface area contributed by atoms with E-state index in [1.807, 2.05) is 6.92 Å². The van der Waals surface area contributed by atoms with Crippen molar-refractivity contribution in [2.45, 2.75) is 44.1 Å². The molecular weight excluding hydrogens is 245 g/mol. The van der Waals surface area contributed by atoms with Gasteiger partial charge in [-0.1, -0.05) is 25.1 Å². The minimum absolute atomic E-state index is 0.124. The highest BCUT2D eigenvalue weighted by Crippen LogP contribution is 2.49. The molecule has 19 heavy (non-hydrogen) atoms. The lowest BCUT2D eigenvalue weighted by Gasteiger charge is -2.17. The van der Waals surface area contributed by atoms with Crippen LogP contribution in [0.3, 0.4) is 0 Å². The van der Waals surface area contributed by atoms with Gasteiger partial charge in [-0.05, 0) is 31.7 Å². The van der Waals surface area contributed by atoms with E-state index in [9.17, 15) is 14.3 Å². The Morgan fingerprint density at radius 3 is 2.74 bits per heavy atom. The SMILES string of the molecule is CCC(O)CCNC(=O)C1(c2ccccc2F)CC1. The normalized spacial score (nSPS) is 17.8. The van der Waals surface area contributed by atoms with E-state index in [2.05, 4.69) is 5.32 Å². The van der Waals surface area contributed by atoms with Gasteiger partial charge in [0.05, 0.1) is 11.5 Å². The van der Waals surface area contributed by atoms with E-state index in [1.165, 1.54) is 6.07 Å². The third-order valence-electron chi connectivity index (χ3n) is 3.81. The highest BCUT2D eigenvalue weighted by atomic mass is 19.1. The molecule has 2 N–H and O–H groups in total. The fraction of sp³-hybridized carbons (Fsp3) is 0.533. The van der Waals surface area contributed by atoms with Crippen molar-refractivity contribution in [3.63, 3.8) is 0 Å². The highest BCUT2D eigenvalue weighted by molar-refractivity contribution is 5.91. The summed E-state index contributed by atoms with van der Waals surface area (Å²) in [6, 6.07) is 6.46. The maximum absolute atomic E-state index is 13.8. The smallest absolute Gasteiger partial charge is 0.230 e. The monoisotopic (exact) mass is 265 g/mol. The summed E-state index contributed by atoms with van der Waals surface area (Å²) in [7, 11) is 0. The summed E-state index contributed by atoms with van der Waals surface area (Å²) in [5.41, 5.74) is -0.189. The molecule has 1 unspecified atom stereocenters. The quantitative estimate of drug-likeness (QED) is 0.828. The third kappa shape index (κ3) is 2.95. The number of carbonyl (C=O) groups excluding carboxylic acids is 1. The van der Waals surface area contributed by atoms with E-state index < -0.39 is 5.41 Å². The number of aliphatic hydroxyl groups is 1. The van der Waals surface area contributed by atoms with Crippen LogP contribution in [0, 0.1) is 5.82 Å². The Bertz CT molecular complexity index is 457. The molecule has 0 saturated heterocycles. The highest BCUT2D eigenvalue weighted by Gasteiger charge is 2.52. The number of aliphatic hydroxyl groups excluding tert-OH is 1. The molecule has 0 spiro atoms. The van der Waals surface area contributed by atoms with Crippen molar-refractivity contribution in [3.8, 4) is 0 Å². The molecule has 1 amide bonds. The van der Waals surface area contributed by atoms with Gasteiger partial charge < -0.3 is 10.4 Å². The molecule has 2 rings (SSSR count). The van der Waals surface area contributed by atoms with Gasteiger partial charge in [-0.15, -0.1) is 0 Å². The van der Waals surface area contributed by atoms with E-state index in [0.29, 0.717) is 37.8 Å². The van der Waals surface area contributed by atoms with Crippen LogP contribution in [0.15, 0.2) is 24.3 Å². The number of amides is 1. The van der Waals surface area contributed by atoms with Gasteiger partial charge in [-0.2, -0.15) is 0 Å². The Morgan fingerprint density at radius 2 is 2.16 bits per heavy atom. The fourth-order valence-electron chi connectivity index (χ4n) is 2.32. The second-order valence-corrected chi connectivity index (χ2v) is 5.17. The lowest BCUT2D eigenvalue weighted by Crippen LogP contribution is -2.36. The molecule has 1 aliphatic carbocycles. The Hall–Kier alpha value is -1.42. The number of hydrogen-bond acceptors (Lipinski definition) is 2. The molecule has 1 aromatic rings. The standard InChI is InChI=1S/C15H20FNO2/c1-2-11(18)7-10-17-14(19)15(8-9-15)12-5-3-4-6-13(12)16/h3-6,11,18H,2,7-10H2,1H3,(H,17,19). The van der Waals surface area contributed by atoms with Gasteiger partial charge in [0, 0.05) is 12.1 Å². The van der Waals surface area contributed by atoms with E-state index in [0.717, 1.165) is 0 Å². The van der Waals surface area contributed by atoms with Gasteiger partial charge in [0.25, 0.3) is 0 Å². The van der Waals surface area contributed by atoms with Crippen LogP contribution >= 0.6 is 0 Å². The molecule has 0 heterocycles. The van der Waals surface area contributed by atoms with Gasteiger partial charge in [-0.3, -0.25) is 4.79 Å². The Morgan fingerprint density at radius 1 is 1.47 bits per heavy atom. The fourth-order valence-corrected chi connectivity index (χ4v) is 2.32. The number of nitrogens with one attached hydrogen (secondary N) is 1. The van der Waals surface area contributed by atoms with Crippen LogP contribution in [0.2, 0.25) is 0 Å². The number of benzene rings is 1. The lowest BCUT2D eigenvalue weighted by atomic mass is 9.94. The van der Waals surface area contributed by atoms with E-state index in [4.69, 9.17) is 0 Å². The van der Waals surface area contributed by atoms with Crippen molar-refractivity contribution in [1.29, 1.82) is 0 Å². The molecule has 1 saturated carbocycles. The van der Waals surface area contributed by atoms with Crippen molar-refractivity contribution < 1.29 is 14.3 Å². The predicted octanol–water partition coefficient (Wildman–Crippen LogP) is 2.13. The number of halogens is 1. The maximum atomic E-state index is 13.8. The second-order valence-electron chi connectivity index (χ2n) is 5.17. The molecule has 4 heteroatoms. The Labute approximate surface area is 112 Å². The van der Waals surface area contributed by atoms with Gasteiger partial charge in [0.2, 0.25) is 5.91 Å². The van der Waals surface area contributed by atoms with Crippen molar-refractivity contribution in [3.05, 3.63) is 35.6 Å². The predicted molar refractivity (Wildman–Crippen MR) is 71.2 cm³/mol. The van der Waals surface area contributed by atoms with E-state index in [-0.39, 0.29) is 17.8 Å². The summed E-state index contributed by atoms with van der Waals surface area (Å²) in [4.78, 5) is 12.2. The summed E-state index contributed by atoms with van der Waals surface area (Å²) in [5.74, 6) is -0.440. The Kier molecular flexibility index (Phi) is 4.20. The molecule has 104 valence electrons. The van der Waals surface area contributed by atoms with Crippen molar-refractivity contribution in [2.75, 3.05) is 6.54 Å². The van der Waals surface area contributed by atoms with Gasteiger partial charge in [-0.25, -0.2) is 4.39 Å². The van der Waals surface area contributed by atoms with E-state index >= 15 is 0 Å². The lowest BCUT2D eigenvalue weighted by molar-refractivity contribution is -0.123. The van der Waals surface area contributed by atoms with Crippen LogP contribution < -0.4 is 5.32 Å². The molecular formula is C15H20FNO2. The number of rotatable bonds is 6. The molecule has 1 fully saturated rings. The minimum Gasteiger partial charge on any atom is -0.393 e. The topological polar surface area (TPSA) is 49.3 Å². The van der Waals surface area contributed by atoms with E-state index in [1.54, 1.807) is 18.2 Å². The molecule has 0 aliphatic heterocycles. The first-order chi connectivity index (χ1) is 9.10. The second kappa shape index (κ2) is 5.70. The summed E-state index contributed by atoms with van der Waals surface area (Å²) >= 11 is 0. The first kappa shape index (κ1) is 14.0. The van der Waals surface area contributed by atoms with Gasteiger partial charge >= 0.3 is 0 Å². The van der Waals surface area contributed by atoms with Gasteiger partial charge in [0.1, 0.15) is 5.82 Å². The van der Waals surface area contributed by atoms with Crippen LogP contribution in [0.5, 0.6) is 0 Å². The van der Waals surface area contributed by atoms with Gasteiger partial charge in [0.15, 0.2) is 0 Å². The zero-order chi connectivity index (χ0) is 13.9. The molecule has 3 nitrogen and oxygen atoms in total. The zero-order valence-corrected chi connectivity index (χ0v) is 11.2. The van der Waals surface area contributed by atoms with Crippen LogP contribution in [0.4, 0.5) is 4.39 Å². The number of hydrogen-bond donors (Lipinski definition) is 2. The molecule has 1 aliphatic rings. The Balaban J connectivity index is 1.97. The third-order valence-corrected chi connectivity index (χ3v) is 3.81. The molecule has 1 aromatic carbocycles. The first-order valence-electron chi connectivity index (χ1n) is 6.81. The average Bonchev–Trinajstić information content (AvgIpc) is 3.20. The van der Waals surface area contributed by atoms with Crippen molar-refractivity contribution >= 4 is 5.91 Å². The summed E-state index contributed by atoms with van der Waals surface area (Å²) in [5, 5.41) is 12.2. The van der Waals surface area contributed by atoms with Crippen LogP contribution in [-0.2, 0) is 10.2 Å². The molecule has 1 atom stereocenters. The largest absolute Gasteiger partial charge is 0.393 e. The molecule has 0 bridgehead atoms. The van der Waals surface area contributed by atoms with Crippen molar-refractivity contribution in [2.24, 2.45) is 0 Å². The van der Waals surface area contributed by atoms with Crippen LogP contribution in [0.25, 0.3) is 0 Å². The van der Waals surface area contributed by atoms with Crippen LogP contribution in [0.1, 0.15) is 38.2 Å². The summed E-state index contributed by atoms with van der Waals surface area (Å²) in [6.45, 7) is 2.33. The summed E-state index contributed by atoms with van der Waals surface area (Å²) in [6.07, 6.45) is 2.21. The zero-order valence-electron chi connectivity index (χ0n) is 11.2. The molecule has 0 radical (unpaired) electrons. The number of carbonyl (C=O) groups is 1. The molecule has 0 aromatic heterocycles. The van der Waals surface area contributed by atoms with Crippen molar-refractivity contribution in [1.82, 2.24) is 5.32 Å². The summed E-state index contributed by atoms with van der Waals surface area (Å²) < 4.78 is 13.8. The maximum Gasteiger partial charge on any atom is 0.230 e.